The van der Waals surface area contributed by atoms with Crippen molar-refractivity contribution in [3.8, 4) is 0 Å². The van der Waals surface area contributed by atoms with E-state index in [2.05, 4.69) is 4.52 Å². The van der Waals surface area contributed by atoms with Gasteiger partial charge in [-0.3, -0.25) is 0 Å². The summed E-state index contributed by atoms with van der Waals surface area (Å²) in [6, 6.07) is 0. The second-order valence-corrected chi connectivity index (χ2v) is 4.19. The molecule has 56 valence electrons. The summed E-state index contributed by atoms with van der Waals surface area (Å²) >= 11 is 10.1. The van der Waals surface area contributed by atoms with E-state index in [0.717, 1.165) is 6.92 Å². The van der Waals surface area contributed by atoms with Crippen LogP contribution >= 0.6 is 31.0 Å². The van der Waals surface area contributed by atoms with Gasteiger partial charge in [0.25, 0.3) is 0 Å². The van der Waals surface area contributed by atoms with Gasteiger partial charge in [-0.15, -0.1) is 0 Å². The highest BCUT2D eigenvalue weighted by Crippen LogP contribution is 2.44. The summed E-state index contributed by atoms with van der Waals surface area (Å²) in [5.74, 6) is 0. The first-order valence-corrected chi connectivity index (χ1v) is 4.13. The molecule has 9 heavy (non-hydrogen) atoms. The first kappa shape index (κ1) is 9.69. The van der Waals surface area contributed by atoms with Crippen molar-refractivity contribution in [1.29, 1.82) is 0 Å². The van der Waals surface area contributed by atoms with E-state index in [9.17, 15) is 4.57 Å². The van der Waals surface area contributed by atoms with Crippen LogP contribution in [-0.2, 0) is 9.09 Å². The molecule has 0 aliphatic heterocycles. The van der Waals surface area contributed by atoms with Crippen LogP contribution < -0.4 is 0 Å². The number of rotatable bonds is 2. The largest absolute Gasteiger partial charge is 0.472 e. The number of halogens is 2. The highest BCUT2D eigenvalue weighted by atomic mass is 35.5. The molecular formula is C2H5Cl2O4P. The number of alkyl halides is 2. The Morgan fingerprint density at radius 1 is 1.56 bits per heavy atom. The van der Waals surface area contributed by atoms with Crippen molar-refractivity contribution in [2.45, 2.75) is 11.4 Å². The number of hydrogen-bond donors (Lipinski definition) is 2. The van der Waals surface area contributed by atoms with Gasteiger partial charge in [-0.2, -0.15) is 0 Å². The zero-order chi connectivity index (χ0) is 7.71. The smallest absolute Gasteiger partial charge is 0.303 e. The lowest BCUT2D eigenvalue weighted by Gasteiger charge is -2.13. The van der Waals surface area contributed by atoms with Gasteiger partial charge in [0, 0.05) is 0 Å². The molecule has 0 rings (SSSR count). The van der Waals surface area contributed by atoms with E-state index >= 15 is 0 Å². The summed E-state index contributed by atoms with van der Waals surface area (Å²) in [5, 5.41) is 0. The van der Waals surface area contributed by atoms with Gasteiger partial charge in [0.2, 0.25) is 4.52 Å². The van der Waals surface area contributed by atoms with E-state index in [0.29, 0.717) is 0 Å². The molecule has 0 aliphatic carbocycles. The molecule has 0 amide bonds. The van der Waals surface area contributed by atoms with Crippen molar-refractivity contribution in [2.24, 2.45) is 0 Å². The molecule has 7 heteroatoms. The quantitative estimate of drug-likeness (QED) is 0.513. The summed E-state index contributed by atoms with van der Waals surface area (Å²) in [7, 11) is -4.55. The zero-order valence-electron chi connectivity index (χ0n) is 4.41. The summed E-state index contributed by atoms with van der Waals surface area (Å²) in [6.07, 6.45) is 0. The maximum atomic E-state index is 9.95. The molecule has 0 radical (unpaired) electrons. The predicted octanol–water partition coefficient (Wildman–Crippen LogP) is 1.25. The summed E-state index contributed by atoms with van der Waals surface area (Å²) < 4.78 is 11.9. The van der Waals surface area contributed by atoms with Crippen molar-refractivity contribution in [3.05, 3.63) is 0 Å². The van der Waals surface area contributed by atoms with Gasteiger partial charge in [-0.05, 0) is 6.92 Å². The fourth-order valence-corrected chi connectivity index (χ4v) is 1.17. The van der Waals surface area contributed by atoms with E-state index in [1.165, 1.54) is 0 Å². The normalized spacial score (nSPS) is 13.9. The van der Waals surface area contributed by atoms with E-state index in [-0.39, 0.29) is 0 Å². The van der Waals surface area contributed by atoms with Gasteiger partial charge >= 0.3 is 7.82 Å². The fraction of sp³-hybridized carbons (Fsp3) is 1.00. The average molecular weight is 195 g/mol. The van der Waals surface area contributed by atoms with Crippen molar-refractivity contribution < 1.29 is 18.9 Å². The highest BCUT2D eigenvalue weighted by Gasteiger charge is 2.28. The zero-order valence-corrected chi connectivity index (χ0v) is 6.82. The number of phosphoric ester groups is 1. The van der Waals surface area contributed by atoms with Gasteiger partial charge < -0.3 is 9.79 Å². The van der Waals surface area contributed by atoms with Crippen LogP contribution in [0.15, 0.2) is 0 Å². The minimum atomic E-state index is -4.55. The topological polar surface area (TPSA) is 66.8 Å². The maximum Gasteiger partial charge on any atom is 0.472 e. The van der Waals surface area contributed by atoms with Crippen LogP contribution in [0.5, 0.6) is 0 Å². The standard InChI is InChI=1S/C2H5Cl2O4P/c1-2(3,4)8-9(5,6)7/h1H3,(H2,5,6,7). The summed E-state index contributed by atoms with van der Waals surface area (Å²) in [6.45, 7) is 1.11. The van der Waals surface area contributed by atoms with Gasteiger partial charge in [0.05, 0.1) is 0 Å². The Bertz CT molecular complexity index is 134. The maximum absolute atomic E-state index is 9.95. The van der Waals surface area contributed by atoms with Crippen LogP contribution in [0.4, 0.5) is 0 Å². The Balaban J connectivity index is 3.90. The Morgan fingerprint density at radius 2 is 1.89 bits per heavy atom. The third-order valence-electron chi connectivity index (χ3n) is 0.279. The number of hydrogen-bond acceptors (Lipinski definition) is 2. The molecule has 0 spiro atoms. The van der Waals surface area contributed by atoms with Gasteiger partial charge in [0.15, 0.2) is 0 Å². The minimum Gasteiger partial charge on any atom is -0.303 e. The van der Waals surface area contributed by atoms with Gasteiger partial charge in [-0.25, -0.2) is 9.09 Å². The molecule has 0 aromatic carbocycles. The molecule has 0 saturated carbocycles. The Hall–Kier alpha value is 0.690. The molecule has 0 aromatic rings. The van der Waals surface area contributed by atoms with E-state index in [4.69, 9.17) is 33.0 Å². The molecule has 0 fully saturated rings. The molecule has 0 aromatic heterocycles. The van der Waals surface area contributed by atoms with Gasteiger partial charge in [0.1, 0.15) is 0 Å². The predicted molar refractivity (Wildman–Crippen MR) is 33.2 cm³/mol. The summed E-state index contributed by atoms with van der Waals surface area (Å²) in [4.78, 5) is 16.1. The van der Waals surface area contributed by atoms with Crippen molar-refractivity contribution in [1.82, 2.24) is 0 Å². The van der Waals surface area contributed by atoms with E-state index < -0.39 is 12.3 Å². The second kappa shape index (κ2) is 2.74. The SMILES string of the molecule is CC(Cl)(Cl)OP(=O)(O)O. The van der Waals surface area contributed by atoms with Crippen molar-refractivity contribution in [3.63, 3.8) is 0 Å². The van der Waals surface area contributed by atoms with Crippen molar-refractivity contribution >= 4 is 31.0 Å². The third kappa shape index (κ3) is 8.69. The van der Waals surface area contributed by atoms with Crippen LogP contribution in [0.25, 0.3) is 0 Å². The van der Waals surface area contributed by atoms with Crippen molar-refractivity contribution in [2.75, 3.05) is 0 Å². The Morgan fingerprint density at radius 3 is 1.89 bits per heavy atom. The lowest BCUT2D eigenvalue weighted by Crippen LogP contribution is -2.09. The minimum absolute atomic E-state index is 1.11. The molecule has 0 saturated heterocycles. The first-order chi connectivity index (χ1) is 3.71. The molecule has 0 bridgehead atoms. The van der Waals surface area contributed by atoms with Crippen LogP contribution in [0.2, 0.25) is 0 Å². The average Bonchev–Trinajstić information content (AvgIpc) is 1.14. The van der Waals surface area contributed by atoms with Crippen LogP contribution in [0.3, 0.4) is 0 Å². The van der Waals surface area contributed by atoms with Crippen LogP contribution in [-0.4, -0.2) is 14.3 Å². The van der Waals surface area contributed by atoms with E-state index in [1.54, 1.807) is 0 Å². The Labute approximate surface area is 62.0 Å². The lowest BCUT2D eigenvalue weighted by atomic mass is 10.9. The highest BCUT2D eigenvalue weighted by molar-refractivity contribution is 7.46. The van der Waals surface area contributed by atoms with Crippen LogP contribution in [0, 0.1) is 0 Å². The Kier molecular flexibility index (Phi) is 2.95. The molecule has 0 unspecified atom stereocenters. The lowest BCUT2D eigenvalue weighted by molar-refractivity contribution is 0.167. The summed E-state index contributed by atoms with van der Waals surface area (Å²) in [5.41, 5.74) is 0. The molecule has 4 nitrogen and oxygen atoms in total. The fourth-order valence-electron chi connectivity index (χ4n) is 0.209. The third-order valence-corrected chi connectivity index (χ3v) is 1.25. The van der Waals surface area contributed by atoms with E-state index in [1.807, 2.05) is 0 Å². The van der Waals surface area contributed by atoms with Gasteiger partial charge in [-0.1, -0.05) is 23.2 Å². The molecule has 2 N–H and O–H groups in total. The monoisotopic (exact) mass is 194 g/mol. The first-order valence-electron chi connectivity index (χ1n) is 1.85. The molecular weight excluding hydrogens is 190 g/mol. The molecule has 0 aliphatic rings. The molecule has 0 atom stereocenters. The molecule has 0 heterocycles. The second-order valence-electron chi connectivity index (χ2n) is 1.39. The van der Waals surface area contributed by atoms with Crippen LogP contribution in [0.1, 0.15) is 6.92 Å². The number of phosphoric acid groups is 1.